The molecule has 1 amide bonds. The number of rotatable bonds is 2. The second-order valence-electron chi connectivity index (χ2n) is 6.30. The molecule has 2 fully saturated rings. The van der Waals surface area contributed by atoms with Crippen LogP contribution in [0.3, 0.4) is 0 Å². The minimum absolute atomic E-state index is 0.104. The molecule has 0 aromatic carbocycles. The van der Waals surface area contributed by atoms with Gasteiger partial charge >= 0.3 is 12.1 Å². The Morgan fingerprint density at radius 3 is 2.17 bits per heavy atom. The molecule has 0 aromatic heterocycles. The van der Waals surface area contributed by atoms with Crippen molar-refractivity contribution in [1.82, 2.24) is 4.90 Å². The Hall–Kier alpha value is -1.26. The molecular formula is C13H21NO4. The summed E-state index contributed by atoms with van der Waals surface area (Å²) in [4.78, 5) is 24.8. The Labute approximate surface area is 107 Å². The number of nitrogens with zero attached hydrogens (tertiary/aromatic N) is 1. The van der Waals surface area contributed by atoms with Crippen molar-refractivity contribution < 1.29 is 19.4 Å². The highest BCUT2D eigenvalue weighted by molar-refractivity contribution is 5.81. The van der Waals surface area contributed by atoms with Crippen LogP contribution in [0.25, 0.3) is 0 Å². The van der Waals surface area contributed by atoms with Gasteiger partial charge in [-0.2, -0.15) is 0 Å². The van der Waals surface area contributed by atoms with Crippen molar-refractivity contribution in [2.24, 2.45) is 17.3 Å². The van der Waals surface area contributed by atoms with Crippen LogP contribution in [0.1, 0.15) is 34.1 Å². The number of aliphatic carboxylic acids is 1. The molecule has 2 rings (SSSR count). The Balaban J connectivity index is 1.95. The summed E-state index contributed by atoms with van der Waals surface area (Å²) in [5.41, 5.74) is -1.09. The second-order valence-corrected chi connectivity index (χ2v) is 6.30. The smallest absolute Gasteiger partial charge is 0.410 e. The summed E-state index contributed by atoms with van der Waals surface area (Å²) >= 11 is 0. The standard InChI is InChI=1S/C13H21NO4/c1-5-13(10(15)16)8-6-14(7-9(8)13)11(17)18-12(2,3)4/h8-9H,5-7H2,1-4H3,(H,15,16). The second kappa shape index (κ2) is 3.87. The van der Waals surface area contributed by atoms with Gasteiger partial charge in [-0.3, -0.25) is 4.79 Å². The van der Waals surface area contributed by atoms with Gasteiger partial charge in [-0.25, -0.2) is 4.79 Å². The zero-order valence-electron chi connectivity index (χ0n) is 11.4. The fourth-order valence-corrected chi connectivity index (χ4v) is 3.20. The molecule has 1 N–H and O–H groups in total. The molecule has 1 saturated carbocycles. The van der Waals surface area contributed by atoms with Crippen LogP contribution in [0.15, 0.2) is 0 Å². The van der Waals surface area contributed by atoms with Crippen LogP contribution in [-0.4, -0.2) is 40.8 Å². The summed E-state index contributed by atoms with van der Waals surface area (Å²) in [6.45, 7) is 8.42. The molecule has 0 bridgehead atoms. The number of hydrogen-bond donors (Lipinski definition) is 1. The molecule has 2 atom stereocenters. The first-order valence-electron chi connectivity index (χ1n) is 6.43. The van der Waals surface area contributed by atoms with Gasteiger partial charge < -0.3 is 14.7 Å². The van der Waals surface area contributed by atoms with Gasteiger partial charge in [0, 0.05) is 13.1 Å². The van der Waals surface area contributed by atoms with Crippen LogP contribution >= 0.6 is 0 Å². The van der Waals surface area contributed by atoms with E-state index in [1.54, 1.807) is 4.90 Å². The zero-order valence-corrected chi connectivity index (χ0v) is 11.4. The molecule has 0 aromatic rings. The molecule has 1 saturated heterocycles. The predicted octanol–water partition coefficient (Wildman–Crippen LogP) is 1.96. The minimum atomic E-state index is -0.719. The fraction of sp³-hybridized carbons (Fsp3) is 0.846. The molecule has 102 valence electrons. The number of hydrogen-bond acceptors (Lipinski definition) is 3. The third kappa shape index (κ3) is 1.85. The van der Waals surface area contributed by atoms with Crippen molar-refractivity contribution in [3.63, 3.8) is 0 Å². The lowest BCUT2D eigenvalue weighted by molar-refractivity contribution is -0.145. The van der Waals surface area contributed by atoms with Gasteiger partial charge in [-0.15, -0.1) is 0 Å². The lowest BCUT2D eigenvalue weighted by Crippen LogP contribution is -2.39. The molecule has 5 heteroatoms. The number of fused-ring (bicyclic) bond motifs is 1. The molecule has 2 unspecified atom stereocenters. The van der Waals surface area contributed by atoms with Crippen molar-refractivity contribution in [2.45, 2.75) is 39.7 Å². The normalized spacial score (nSPS) is 34.1. The van der Waals surface area contributed by atoms with Crippen molar-refractivity contribution in [3.8, 4) is 0 Å². The Morgan fingerprint density at radius 2 is 1.83 bits per heavy atom. The van der Waals surface area contributed by atoms with E-state index in [4.69, 9.17) is 4.74 Å². The molecular weight excluding hydrogens is 234 g/mol. The van der Waals surface area contributed by atoms with E-state index in [0.717, 1.165) is 0 Å². The lowest BCUT2D eigenvalue weighted by atomic mass is 9.97. The van der Waals surface area contributed by atoms with Crippen LogP contribution in [0, 0.1) is 17.3 Å². The third-order valence-electron chi connectivity index (χ3n) is 4.17. The number of carbonyl (C=O) groups excluding carboxylic acids is 1. The van der Waals surface area contributed by atoms with Crippen molar-refractivity contribution in [1.29, 1.82) is 0 Å². The number of piperidine rings is 1. The Bertz CT molecular complexity index is 373. The average Bonchev–Trinajstić information content (AvgIpc) is 2.63. The van der Waals surface area contributed by atoms with E-state index in [-0.39, 0.29) is 17.9 Å². The van der Waals surface area contributed by atoms with Crippen molar-refractivity contribution in [3.05, 3.63) is 0 Å². The quantitative estimate of drug-likeness (QED) is 0.819. The van der Waals surface area contributed by atoms with Crippen molar-refractivity contribution >= 4 is 12.1 Å². The monoisotopic (exact) mass is 255 g/mol. The summed E-state index contributed by atoms with van der Waals surface area (Å²) in [6, 6.07) is 0. The molecule has 1 heterocycles. The molecule has 1 aliphatic carbocycles. The highest BCUT2D eigenvalue weighted by Gasteiger charge is 2.72. The first kappa shape index (κ1) is 13.2. The molecule has 0 spiro atoms. The lowest BCUT2D eigenvalue weighted by Gasteiger charge is -2.27. The number of ether oxygens (including phenoxy) is 1. The van der Waals surface area contributed by atoms with Gasteiger partial charge in [-0.05, 0) is 39.0 Å². The maximum absolute atomic E-state index is 11.9. The highest BCUT2D eigenvalue weighted by Crippen LogP contribution is 2.64. The van der Waals surface area contributed by atoms with Crippen LogP contribution in [-0.2, 0) is 9.53 Å². The van der Waals surface area contributed by atoms with E-state index < -0.39 is 17.0 Å². The summed E-state index contributed by atoms with van der Waals surface area (Å²) < 4.78 is 5.29. The van der Waals surface area contributed by atoms with E-state index in [9.17, 15) is 14.7 Å². The Kier molecular flexibility index (Phi) is 2.83. The average molecular weight is 255 g/mol. The van der Waals surface area contributed by atoms with E-state index in [0.29, 0.717) is 19.5 Å². The number of likely N-dealkylation sites (tertiary alicyclic amines) is 1. The van der Waals surface area contributed by atoms with Crippen LogP contribution in [0.4, 0.5) is 4.79 Å². The van der Waals surface area contributed by atoms with Crippen LogP contribution < -0.4 is 0 Å². The summed E-state index contributed by atoms with van der Waals surface area (Å²) in [5, 5.41) is 9.29. The molecule has 18 heavy (non-hydrogen) atoms. The van der Waals surface area contributed by atoms with E-state index >= 15 is 0 Å². The van der Waals surface area contributed by atoms with Gasteiger partial charge in [0.05, 0.1) is 5.41 Å². The molecule has 5 nitrogen and oxygen atoms in total. The summed E-state index contributed by atoms with van der Waals surface area (Å²) in [6.07, 6.45) is 0.310. The maximum Gasteiger partial charge on any atom is 0.410 e. The van der Waals surface area contributed by atoms with E-state index in [2.05, 4.69) is 0 Å². The third-order valence-corrected chi connectivity index (χ3v) is 4.17. The van der Waals surface area contributed by atoms with Gasteiger partial charge in [0.1, 0.15) is 5.60 Å². The first-order valence-corrected chi connectivity index (χ1v) is 6.43. The summed E-state index contributed by atoms with van der Waals surface area (Å²) in [7, 11) is 0. The summed E-state index contributed by atoms with van der Waals surface area (Å²) in [5.74, 6) is -0.510. The Morgan fingerprint density at radius 1 is 1.33 bits per heavy atom. The largest absolute Gasteiger partial charge is 0.481 e. The number of carbonyl (C=O) groups is 2. The van der Waals surface area contributed by atoms with Gasteiger partial charge in [-0.1, -0.05) is 6.92 Å². The highest BCUT2D eigenvalue weighted by atomic mass is 16.6. The number of amides is 1. The number of carboxylic acids is 1. The first-order chi connectivity index (χ1) is 8.22. The molecule has 1 aliphatic heterocycles. The van der Waals surface area contributed by atoms with E-state index in [1.807, 2.05) is 27.7 Å². The minimum Gasteiger partial charge on any atom is -0.481 e. The number of carboxylic acid groups (broad SMARTS) is 1. The molecule has 0 radical (unpaired) electrons. The van der Waals surface area contributed by atoms with E-state index in [1.165, 1.54) is 0 Å². The molecule has 2 aliphatic rings. The van der Waals surface area contributed by atoms with Crippen molar-refractivity contribution in [2.75, 3.05) is 13.1 Å². The zero-order chi connectivity index (χ0) is 13.7. The maximum atomic E-state index is 11.9. The van der Waals surface area contributed by atoms with Crippen LogP contribution in [0.5, 0.6) is 0 Å². The predicted molar refractivity (Wildman–Crippen MR) is 65.1 cm³/mol. The SMILES string of the molecule is CCC1(C(=O)O)C2CN(C(=O)OC(C)(C)C)CC21. The fourth-order valence-electron chi connectivity index (χ4n) is 3.20. The topological polar surface area (TPSA) is 66.8 Å². The van der Waals surface area contributed by atoms with Gasteiger partial charge in [0.15, 0.2) is 0 Å². The van der Waals surface area contributed by atoms with Crippen LogP contribution in [0.2, 0.25) is 0 Å². The van der Waals surface area contributed by atoms with Gasteiger partial charge in [0.25, 0.3) is 0 Å². The van der Waals surface area contributed by atoms with Gasteiger partial charge in [0.2, 0.25) is 0 Å².